The minimum absolute atomic E-state index is 0.0938. The number of hydrogen-bond acceptors (Lipinski definition) is 7. The fourth-order valence-corrected chi connectivity index (χ4v) is 2.78. The van der Waals surface area contributed by atoms with Gasteiger partial charge in [0.25, 0.3) is 0 Å². The number of nitrogens with zero attached hydrogens (tertiary/aromatic N) is 2. The smallest absolute Gasteiger partial charge is 0.345 e. The summed E-state index contributed by atoms with van der Waals surface area (Å²) in [5.74, 6) is 0.586. The molecular formula is C22H22N2O5. The van der Waals surface area contributed by atoms with E-state index in [0.29, 0.717) is 22.9 Å². The molecule has 0 unspecified atom stereocenters. The summed E-state index contributed by atoms with van der Waals surface area (Å²) in [7, 11) is 4.44. The number of aryl methyl sites for hydroxylation is 2. The topological polar surface area (TPSA) is 79.8 Å². The molecule has 3 rings (SSSR count). The summed E-state index contributed by atoms with van der Waals surface area (Å²) in [6, 6.07) is 12.4. The molecule has 0 fully saturated rings. The van der Waals surface area contributed by atoms with Crippen LogP contribution in [0.1, 0.15) is 21.5 Å². The molecule has 7 nitrogen and oxygen atoms in total. The highest BCUT2D eigenvalue weighted by Gasteiger charge is 2.19. The first-order chi connectivity index (χ1) is 14.0. The molecule has 29 heavy (non-hydrogen) atoms. The summed E-state index contributed by atoms with van der Waals surface area (Å²) in [6.45, 7) is 4.09. The normalized spacial score (nSPS) is 10.4. The Labute approximate surface area is 169 Å². The molecule has 0 saturated heterocycles. The van der Waals surface area contributed by atoms with Crippen LogP contribution in [0, 0.1) is 13.8 Å². The molecule has 1 heterocycles. The molecule has 0 aliphatic rings. The Balaban J connectivity index is 1.81. The fourth-order valence-electron chi connectivity index (χ4n) is 2.78. The predicted octanol–water partition coefficient (Wildman–Crippen LogP) is 4.01. The second-order valence-electron chi connectivity index (χ2n) is 6.36. The Bertz CT molecular complexity index is 1010. The molecule has 0 spiro atoms. The number of rotatable bonds is 6. The van der Waals surface area contributed by atoms with Gasteiger partial charge in [0, 0.05) is 11.6 Å². The van der Waals surface area contributed by atoms with Gasteiger partial charge in [-0.2, -0.15) is 0 Å². The van der Waals surface area contributed by atoms with Crippen LogP contribution in [0.3, 0.4) is 0 Å². The van der Waals surface area contributed by atoms with E-state index in [1.807, 2.05) is 25.1 Å². The first-order valence-corrected chi connectivity index (χ1v) is 8.90. The number of aromatic nitrogens is 2. The quantitative estimate of drug-likeness (QED) is 0.585. The number of esters is 1. The molecule has 0 atom stereocenters. The zero-order valence-electron chi connectivity index (χ0n) is 17.0. The van der Waals surface area contributed by atoms with Gasteiger partial charge in [-0.05, 0) is 49.2 Å². The van der Waals surface area contributed by atoms with Crippen LogP contribution in [-0.4, -0.2) is 37.5 Å². The summed E-state index contributed by atoms with van der Waals surface area (Å²) >= 11 is 0. The highest BCUT2D eigenvalue weighted by atomic mass is 16.5. The lowest BCUT2D eigenvalue weighted by Crippen LogP contribution is -2.11. The molecule has 1 aromatic heterocycles. The van der Waals surface area contributed by atoms with Gasteiger partial charge in [0.2, 0.25) is 11.6 Å². The Hall–Kier alpha value is -3.61. The second-order valence-corrected chi connectivity index (χ2v) is 6.36. The maximum atomic E-state index is 12.5. The van der Waals surface area contributed by atoms with Crippen molar-refractivity contribution in [1.29, 1.82) is 0 Å². The largest absolute Gasteiger partial charge is 0.493 e. The molecule has 150 valence electrons. The van der Waals surface area contributed by atoms with Gasteiger partial charge in [-0.3, -0.25) is 0 Å². The molecule has 3 aromatic rings. The van der Waals surface area contributed by atoms with Crippen molar-refractivity contribution in [2.45, 2.75) is 13.8 Å². The van der Waals surface area contributed by atoms with Crippen molar-refractivity contribution >= 4 is 5.97 Å². The van der Waals surface area contributed by atoms with Crippen molar-refractivity contribution in [1.82, 2.24) is 10.2 Å². The van der Waals surface area contributed by atoms with Gasteiger partial charge in [0.05, 0.1) is 32.6 Å². The van der Waals surface area contributed by atoms with Gasteiger partial charge in [0.15, 0.2) is 11.5 Å². The van der Waals surface area contributed by atoms with E-state index in [1.54, 1.807) is 12.1 Å². The monoisotopic (exact) mass is 394 g/mol. The van der Waals surface area contributed by atoms with E-state index in [2.05, 4.69) is 17.1 Å². The molecule has 0 radical (unpaired) electrons. The third-order valence-electron chi connectivity index (χ3n) is 4.54. The van der Waals surface area contributed by atoms with Gasteiger partial charge in [-0.1, -0.05) is 12.1 Å². The van der Waals surface area contributed by atoms with Crippen LogP contribution in [0.5, 0.6) is 23.1 Å². The third-order valence-corrected chi connectivity index (χ3v) is 4.54. The summed E-state index contributed by atoms with van der Waals surface area (Å²) in [5.41, 5.74) is 4.25. The maximum absolute atomic E-state index is 12.5. The van der Waals surface area contributed by atoms with Gasteiger partial charge in [-0.25, -0.2) is 4.79 Å². The lowest BCUT2D eigenvalue weighted by Gasteiger charge is -2.13. The number of hydrogen-bond donors (Lipinski definition) is 0. The van der Waals surface area contributed by atoms with E-state index in [0.717, 1.165) is 5.56 Å². The van der Waals surface area contributed by atoms with Gasteiger partial charge in [-0.15, -0.1) is 10.2 Å². The highest BCUT2D eigenvalue weighted by Crippen LogP contribution is 2.38. The van der Waals surface area contributed by atoms with Crippen molar-refractivity contribution in [2.24, 2.45) is 0 Å². The second kappa shape index (κ2) is 8.60. The summed E-state index contributed by atoms with van der Waals surface area (Å²) in [4.78, 5) is 12.5. The fraction of sp³-hybridized carbons (Fsp3) is 0.227. The number of methoxy groups -OCH3 is 3. The number of ether oxygens (including phenoxy) is 4. The number of benzene rings is 2. The first kappa shape index (κ1) is 20.1. The Morgan fingerprint density at radius 3 is 2.00 bits per heavy atom. The Kier molecular flexibility index (Phi) is 5.97. The van der Waals surface area contributed by atoms with Crippen molar-refractivity contribution in [3.8, 4) is 34.4 Å². The molecule has 7 heteroatoms. The van der Waals surface area contributed by atoms with Crippen LogP contribution in [0.15, 0.2) is 42.5 Å². The van der Waals surface area contributed by atoms with Crippen LogP contribution in [-0.2, 0) is 0 Å². The van der Waals surface area contributed by atoms with Gasteiger partial charge in [0.1, 0.15) is 0 Å². The van der Waals surface area contributed by atoms with Crippen LogP contribution < -0.4 is 18.9 Å². The summed E-state index contributed by atoms with van der Waals surface area (Å²) in [6.07, 6.45) is 0. The summed E-state index contributed by atoms with van der Waals surface area (Å²) < 4.78 is 21.1. The van der Waals surface area contributed by atoms with E-state index >= 15 is 0 Å². The SMILES string of the molecule is COc1cc(C(=O)Oc2ccc(-c3ccc(C)c(C)c3)nn2)cc(OC)c1OC. The van der Waals surface area contributed by atoms with E-state index < -0.39 is 5.97 Å². The maximum Gasteiger partial charge on any atom is 0.345 e. The molecule has 0 N–H and O–H groups in total. The van der Waals surface area contributed by atoms with Crippen molar-refractivity contribution < 1.29 is 23.7 Å². The van der Waals surface area contributed by atoms with E-state index in [9.17, 15) is 4.79 Å². The van der Waals surface area contributed by atoms with E-state index in [4.69, 9.17) is 18.9 Å². The first-order valence-electron chi connectivity index (χ1n) is 8.90. The van der Waals surface area contributed by atoms with Crippen molar-refractivity contribution in [3.05, 3.63) is 59.2 Å². The van der Waals surface area contributed by atoms with Crippen LogP contribution in [0.2, 0.25) is 0 Å². The van der Waals surface area contributed by atoms with Crippen LogP contribution in [0.4, 0.5) is 0 Å². The highest BCUT2D eigenvalue weighted by molar-refractivity contribution is 5.92. The Morgan fingerprint density at radius 2 is 1.48 bits per heavy atom. The standard InChI is InChI=1S/C22H22N2O5/c1-13-6-7-15(10-14(13)2)17-8-9-20(24-23-17)29-22(25)16-11-18(26-3)21(28-5)19(12-16)27-4/h6-12H,1-5H3. The molecule has 2 aromatic carbocycles. The third kappa shape index (κ3) is 4.29. The number of carbonyl (C=O) groups excluding carboxylic acids is 1. The predicted molar refractivity (Wildman–Crippen MR) is 108 cm³/mol. The van der Waals surface area contributed by atoms with E-state index in [1.165, 1.54) is 44.6 Å². The van der Waals surface area contributed by atoms with Crippen molar-refractivity contribution in [3.63, 3.8) is 0 Å². The lowest BCUT2D eigenvalue weighted by atomic mass is 10.0. The molecule has 0 bridgehead atoms. The minimum atomic E-state index is -0.613. The average molecular weight is 394 g/mol. The average Bonchev–Trinajstić information content (AvgIpc) is 2.75. The van der Waals surface area contributed by atoms with Gasteiger partial charge < -0.3 is 18.9 Å². The zero-order valence-corrected chi connectivity index (χ0v) is 17.0. The van der Waals surface area contributed by atoms with Gasteiger partial charge >= 0.3 is 5.97 Å². The van der Waals surface area contributed by atoms with Crippen LogP contribution in [0.25, 0.3) is 11.3 Å². The number of carbonyl (C=O) groups is 1. The van der Waals surface area contributed by atoms with E-state index in [-0.39, 0.29) is 11.4 Å². The Morgan fingerprint density at radius 1 is 0.793 bits per heavy atom. The molecule has 0 aliphatic heterocycles. The molecular weight excluding hydrogens is 372 g/mol. The minimum Gasteiger partial charge on any atom is -0.493 e. The summed E-state index contributed by atoms with van der Waals surface area (Å²) in [5, 5.41) is 8.18. The zero-order chi connectivity index (χ0) is 21.0. The lowest BCUT2D eigenvalue weighted by molar-refractivity contribution is 0.0725. The molecule has 0 saturated carbocycles. The van der Waals surface area contributed by atoms with Crippen LogP contribution >= 0.6 is 0 Å². The van der Waals surface area contributed by atoms with Crippen molar-refractivity contribution in [2.75, 3.05) is 21.3 Å². The molecule has 0 amide bonds. The molecule has 0 aliphatic carbocycles.